The van der Waals surface area contributed by atoms with E-state index in [-0.39, 0.29) is 50.1 Å². The van der Waals surface area contributed by atoms with Crippen LogP contribution in [-0.2, 0) is 44.7 Å². The van der Waals surface area contributed by atoms with E-state index in [0.29, 0.717) is 23.3 Å². The Morgan fingerprint density at radius 3 is 2.23 bits per heavy atom. The average molecular weight is 1020 g/mol. The molecule has 7 heterocycles. The number of nitrogens with one attached hydrogen (secondary N) is 3. The summed E-state index contributed by atoms with van der Waals surface area (Å²) >= 11 is 1.73. The zero-order valence-corrected chi connectivity index (χ0v) is 42.9. The standard InChI is InChI=1S/C53H67N9O10S/c1-6-37-50(68)61-23-11-14-38(61)51(69)59(5)40(26-32-16-18-36(19-17-32)58(3)4)52(70)62-28-35(30-73-43-29-60-24-20-33(43)21-25-60)42(64)27-39(62)47(65)57-45(34-12-8-7-9-13-34)53(71)72-31(2)44(48(66)55-37)56-49(67)46-41(63)15-10-22-54-46/h7-10,12-13,15-19,22,31,33,35,37-40,43-45,63H,6,11,14,20-21,23-30H2,1-5H3,(H,55,66)(H,56,67)(H,57,65). The van der Waals surface area contributed by atoms with Crippen LogP contribution >= 0.6 is 11.8 Å². The van der Waals surface area contributed by atoms with E-state index in [4.69, 9.17) is 4.74 Å². The van der Waals surface area contributed by atoms with Crippen molar-refractivity contribution in [2.75, 3.05) is 64.5 Å². The van der Waals surface area contributed by atoms with E-state index in [1.165, 1.54) is 47.0 Å². The molecule has 6 aliphatic heterocycles. The highest BCUT2D eigenvalue weighted by molar-refractivity contribution is 8.00. The number of esters is 1. The fraction of sp³-hybridized carbons (Fsp3) is 0.528. The van der Waals surface area contributed by atoms with Gasteiger partial charge in [0.1, 0.15) is 47.8 Å². The molecule has 9 atom stereocenters. The second-order valence-electron chi connectivity index (χ2n) is 20.1. The normalized spacial score (nSPS) is 29.5. The molecular formula is C53H67N9O10S. The summed E-state index contributed by atoms with van der Waals surface area (Å²) in [4.78, 5) is 130. The van der Waals surface area contributed by atoms with Crippen LogP contribution in [0.1, 0.15) is 80.0 Å². The van der Waals surface area contributed by atoms with Crippen LogP contribution in [0.5, 0.6) is 5.75 Å². The van der Waals surface area contributed by atoms with Gasteiger partial charge in [-0.2, -0.15) is 11.8 Å². The third kappa shape index (κ3) is 11.8. The van der Waals surface area contributed by atoms with Crippen molar-refractivity contribution < 1.29 is 48.2 Å². The Bertz CT molecular complexity index is 2540. The minimum Gasteiger partial charge on any atom is -0.505 e. The monoisotopic (exact) mass is 1020 g/mol. The van der Waals surface area contributed by atoms with Crippen LogP contribution in [0.4, 0.5) is 5.69 Å². The number of rotatable bonds is 10. The molecule has 73 heavy (non-hydrogen) atoms. The van der Waals surface area contributed by atoms with Crippen molar-refractivity contribution in [3.63, 3.8) is 0 Å². The van der Waals surface area contributed by atoms with Crippen LogP contribution in [0.15, 0.2) is 72.9 Å². The molecule has 0 radical (unpaired) electrons. The molecule has 9 unspecified atom stereocenters. The van der Waals surface area contributed by atoms with Gasteiger partial charge in [-0.1, -0.05) is 49.4 Å². The highest BCUT2D eigenvalue weighted by atomic mass is 32.2. The minimum atomic E-state index is -1.69. The zero-order chi connectivity index (χ0) is 52.1. The topological polar surface area (TPSA) is 231 Å². The van der Waals surface area contributed by atoms with Crippen LogP contribution in [-0.4, -0.2) is 178 Å². The van der Waals surface area contributed by atoms with Crippen molar-refractivity contribution in [1.29, 1.82) is 0 Å². The smallest absolute Gasteiger partial charge is 0.333 e. The third-order valence-electron chi connectivity index (χ3n) is 15.2. The van der Waals surface area contributed by atoms with Gasteiger partial charge in [-0.05, 0) is 93.4 Å². The molecule has 0 spiro atoms. The highest BCUT2D eigenvalue weighted by Gasteiger charge is 2.48. The van der Waals surface area contributed by atoms with Gasteiger partial charge < -0.3 is 50.3 Å². The minimum absolute atomic E-state index is 0.0289. The first-order chi connectivity index (χ1) is 35.0. The number of Topliss-reactive ketones (excluding diaryl/α,β-unsaturated/α-hetero) is 1. The molecule has 6 aliphatic rings. The predicted molar refractivity (Wildman–Crippen MR) is 272 cm³/mol. The van der Waals surface area contributed by atoms with Gasteiger partial charge >= 0.3 is 5.97 Å². The first-order valence-electron chi connectivity index (χ1n) is 25.3. The van der Waals surface area contributed by atoms with Gasteiger partial charge in [-0.15, -0.1) is 0 Å². The number of benzene rings is 2. The van der Waals surface area contributed by atoms with Gasteiger partial charge in [-0.3, -0.25) is 33.6 Å². The maximum Gasteiger partial charge on any atom is 0.333 e. The Morgan fingerprint density at radius 1 is 0.849 bits per heavy atom. The number of carbonyl (C=O) groups excluding carboxylic acids is 8. The maximum absolute atomic E-state index is 15.7. The third-order valence-corrected chi connectivity index (χ3v) is 16.7. The molecule has 2 bridgehead atoms. The number of hydrogen-bond acceptors (Lipinski definition) is 14. The molecule has 6 fully saturated rings. The Labute approximate surface area is 430 Å². The first-order valence-corrected chi connectivity index (χ1v) is 26.4. The number of cyclic esters (lactones) is 1. The number of thioether (sulfide) groups is 1. The second-order valence-corrected chi connectivity index (χ2v) is 21.4. The van der Waals surface area contributed by atoms with Crippen molar-refractivity contribution >= 4 is 64.6 Å². The highest BCUT2D eigenvalue weighted by Crippen LogP contribution is 2.37. The number of ketones is 1. The van der Waals surface area contributed by atoms with Crippen LogP contribution in [0, 0.1) is 11.8 Å². The van der Waals surface area contributed by atoms with Crippen LogP contribution in [0.2, 0.25) is 0 Å². The molecular weight excluding hydrogens is 955 g/mol. The molecule has 390 valence electrons. The molecule has 6 saturated heterocycles. The van der Waals surface area contributed by atoms with Gasteiger partial charge in [-0.25, -0.2) is 9.78 Å². The molecule has 9 rings (SSSR count). The van der Waals surface area contributed by atoms with E-state index in [1.807, 2.05) is 43.3 Å². The van der Waals surface area contributed by atoms with Gasteiger partial charge in [0.25, 0.3) is 5.91 Å². The number of likely N-dealkylation sites (N-methyl/N-ethyl adjacent to an activating group) is 1. The lowest BCUT2D eigenvalue weighted by atomic mass is 9.88. The number of fused-ring (bicyclic) bond motifs is 5. The maximum atomic E-state index is 15.7. The fourth-order valence-corrected chi connectivity index (χ4v) is 12.4. The number of piperidine rings is 4. The van der Waals surface area contributed by atoms with Gasteiger partial charge in [0.2, 0.25) is 29.5 Å². The summed E-state index contributed by atoms with van der Waals surface area (Å²) in [5.41, 5.74) is 1.49. The van der Waals surface area contributed by atoms with Crippen LogP contribution in [0.3, 0.4) is 0 Å². The van der Waals surface area contributed by atoms with Gasteiger partial charge in [0.15, 0.2) is 11.7 Å². The average Bonchev–Trinajstić information content (AvgIpc) is 3.89. The molecule has 2 aromatic carbocycles. The summed E-state index contributed by atoms with van der Waals surface area (Å²) in [5, 5.41) is 18.8. The van der Waals surface area contributed by atoms with Crippen molar-refractivity contribution in [3.8, 4) is 5.75 Å². The van der Waals surface area contributed by atoms with E-state index in [2.05, 4.69) is 25.8 Å². The quantitative estimate of drug-likeness (QED) is 0.214. The molecule has 0 aliphatic carbocycles. The lowest BCUT2D eigenvalue weighted by Gasteiger charge is -2.45. The molecule has 3 aromatic rings. The summed E-state index contributed by atoms with van der Waals surface area (Å²) in [6, 6.07) is 10.3. The number of aromatic nitrogens is 1. The Kier molecular flexibility index (Phi) is 16.7. The van der Waals surface area contributed by atoms with Crippen molar-refractivity contribution in [2.45, 2.75) is 106 Å². The second kappa shape index (κ2) is 23.1. The number of carbonyl (C=O) groups is 8. The van der Waals surface area contributed by atoms with E-state index < -0.39 is 101 Å². The van der Waals surface area contributed by atoms with Crippen molar-refractivity contribution in [2.24, 2.45) is 11.8 Å². The number of pyridine rings is 1. The Morgan fingerprint density at radius 2 is 1.58 bits per heavy atom. The zero-order valence-electron chi connectivity index (χ0n) is 42.1. The molecule has 1 aromatic heterocycles. The predicted octanol–water partition coefficient (Wildman–Crippen LogP) is 2.32. The molecule has 20 heteroatoms. The van der Waals surface area contributed by atoms with E-state index in [9.17, 15) is 29.1 Å². The van der Waals surface area contributed by atoms with Gasteiger partial charge in [0.05, 0.1) is 0 Å². The largest absolute Gasteiger partial charge is 0.505 e. The number of anilines is 1. The Hall–Kier alpha value is -6.54. The number of ether oxygens (including phenoxy) is 1. The SMILES string of the molecule is CCC1NC(=O)C(NC(=O)c2ncccc2O)C(C)OC(=O)C(c2ccccc2)NC(=O)C2CC(=O)C(CSC3CN4CCC3CC4)CN2C(=O)C(Cc2ccc(N(C)C)cc2)N(C)C(=O)C2CCCN2C1=O. The van der Waals surface area contributed by atoms with E-state index >= 15 is 14.4 Å². The number of aromatic hydroxyl groups is 1. The number of amides is 6. The first kappa shape index (κ1) is 52.8. The summed E-state index contributed by atoms with van der Waals surface area (Å²) < 4.78 is 5.97. The van der Waals surface area contributed by atoms with Gasteiger partial charge in [0, 0.05) is 82.4 Å². The summed E-state index contributed by atoms with van der Waals surface area (Å²) in [6.07, 6.45) is 2.40. The molecule has 4 N–H and O–H groups in total. The van der Waals surface area contributed by atoms with Crippen molar-refractivity contribution in [1.82, 2.24) is 40.5 Å². The lowest BCUT2D eigenvalue weighted by molar-refractivity contribution is -0.157. The summed E-state index contributed by atoms with van der Waals surface area (Å²) in [7, 11) is 5.33. The van der Waals surface area contributed by atoms with Crippen LogP contribution < -0.4 is 20.9 Å². The summed E-state index contributed by atoms with van der Waals surface area (Å²) in [6.45, 7) is 6.11. The number of nitrogens with zero attached hydrogens (tertiary/aromatic N) is 6. The van der Waals surface area contributed by atoms with Crippen LogP contribution in [0.25, 0.3) is 0 Å². The summed E-state index contributed by atoms with van der Waals surface area (Å²) in [5.74, 6) is -5.83. The van der Waals surface area contributed by atoms with E-state index in [1.54, 1.807) is 49.0 Å². The fourth-order valence-electron chi connectivity index (χ4n) is 10.8. The molecule has 6 amide bonds. The van der Waals surface area contributed by atoms with E-state index in [0.717, 1.165) is 43.7 Å². The lowest BCUT2D eigenvalue weighted by Crippen LogP contribution is -2.63. The number of hydrogen-bond donors (Lipinski definition) is 4. The van der Waals surface area contributed by atoms with Crippen molar-refractivity contribution in [3.05, 3.63) is 89.7 Å². The Balaban J connectivity index is 1.19. The molecule has 19 nitrogen and oxygen atoms in total. The molecule has 0 saturated carbocycles.